The van der Waals surface area contributed by atoms with Crippen LogP contribution in [-0.4, -0.2) is 24.7 Å². The maximum atomic E-state index is 13.9. The molecule has 0 aliphatic rings. The fraction of sp³-hybridized carbons (Fsp3) is 0.0588. The minimum atomic E-state index is -0.244. The van der Waals surface area contributed by atoms with Gasteiger partial charge < -0.3 is 5.32 Å². The van der Waals surface area contributed by atoms with Crippen LogP contribution in [0.4, 0.5) is 16.2 Å². The largest absolute Gasteiger partial charge is 0.309 e. The SMILES string of the molecule is Fc1ccccc1Cn1ncc2cnc(Nc3ncccn3)cc21. The summed E-state index contributed by atoms with van der Waals surface area (Å²) in [6.45, 7) is 0.349. The summed E-state index contributed by atoms with van der Waals surface area (Å²) in [4.78, 5) is 12.5. The molecule has 6 nitrogen and oxygen atoms in total. The molecule has 1 N–H and O–H groups in total. The lowest BCUT2D eigenvalue weighted by atomic mass is 10.2. The average molecular weight is 320 g/mol. The summed E-state index contributed by atoms with van der Waals surface area (Å²) in [5, 5.41) is 8.25. The Bertz CT molecular complexity index is 983. The summed E-state index contributed by atoms with van der Waals surface area (Å²) in [6.07, 6.45) is 6.73. The molecule has 0 unspecified atom stereocenters. The van der Waals surface area contributed by atoms with E-state index in [0.29, 0.717) is 23.9 Å². The maximum absolute atomic E-state index is 13.9. The van der Waals surface area contributed by atoms with Gasteiger partial charge in [0.15, 0.2) is 0 Å². The first kappa shape index (κ1) is 14.3. The quantitative estimate of drug-likeness (QED) is 0.625. The van der Waals surface area contributed by atoms with Crippen molar-refractivity contribution in [1.29, 1.82) is 0 Å². The summed E-state index contributed by atoms with van der Waals surface area (Å²) in [7, 11) is 0. The van der Waals surface area contributed by atoms with E-state index < -0.39 is 0 Å². The topological polar surface area (TPSA) is 68.5 Å². The van der Waals surface area contributed by atoms with Crippen LogP contribution in [0.3, 0.4) is 0 Å². The van der Waals surface area contributed by atoms with Gasteiger partial charge in [0.05, 0.1) is 18.3 Å². The highest BCUT2D eigenvalue weighted by Gasteiger charge is 2.08. The second kappa shape index (κ2) is 6.04. The number of halogens is 1. The number of rotatable bonds is 4. The summed E-state index contributed by atoms with van der Waals surface area (Å²) < 4.78 is 15.6. The molecule has 0 aliphatic heterocycles. The summed E-state index contributed by atoms with van der Waals surface area (Å²) in [5.74, 6) is 0.819. The van der Waals surface area contributed by atoms with E-state index in [4.69, 9.17) is 0 Å². The van der Waals surface area contributed by atoms with Crippen molar-refractivity contribution in [3.8, 4) is 0 Å². The Balaban J connectivity index is 1.67. The normalized spacial score (nSPS) is 10.9. The van der Waals surface area contributed by atoms with Gasteiger partial charge in [-0.05, 0) is 12.1 Å². The van der Waals surface area contributed by atoms with Crippen molar-refractivity contribution in [1.82, 2.24) is 24.7 Å². The van der Waals surface area contributed by atoms with Crippen molar-refractivity contribution in [2.24, 2.45) is 0 Å². The molecule has 4 rings (SSSR count). The average Bonchev–Trinajstić information content (AvgIpc) is 3.00. The Morgan fingerprint density at radius 3 is 2.67 bits per heavy atom. The van der Waals surface area contributed by atoms with Crippen LogP contribution < -0.4 is 5.32 Å². The van der Waals surface area contributed by atoms with Gasteiger partial charge in [-0.1, -0.05) is 18.2 Å². The van der Waals surface area contributed by atoms with Crippen LogP contribution in [0.25, 0.3) is 10.9 Å². The number of hydrogen-bond acceptors (Lipinski definition) is 5. The molecule has 0 fully saturated rings. The summed E-state index contributed by atoms with van der Waals surface area (Å²) >= 11 is 0. The Morgan fingerprint density at radius 2 is 1.83 bits per heavy atom. The standard InChI is InChI=1S/C17H13FN6/c18-14-5-2-1-4-12(14)11-24-15-8-16(21-9-13(15)10-22-24)23-17-19-6-3-7-20-17/h1-10H,11H2,(H,19,20,21,23). The van der Waals surface area contributed by atoms with Gasteiger partial charge in [0, 0.05) is 35.6 Å². The van der Waals surface area contributed by atoms with Crippen LogP contribution in [-0.2, 0) is 6.54 Å². The van der Waals surface area contributed by atoms with E-state index in [2.05, 4.69) is 25.4 Å². The first-order valence-corrected chi connectivity index (χ1v) is 7.38. The molecule has 0 radical (unpaired) electrons. The van der Waals surface area contributed by atoms with Gasteiger partial charge in [-0.2, -0.15) is 5.10 Å². The number of nitrogens with zero attached hydrogens (tertiary/aromatic N) is 5. The van der Waals surface area contributed by atoms with Gasteiger partial charge in [0.1, 0.15) is 11.6 Å². The van der Waals surface area contributed by atoms with E-state index in [-0.39, 0.29) is 5.82 Å². The zero-order valence-corrected chi connectivity index (χ0v) is 12.6. The Labute approximate surface area is 137 Å². The molecule has 0 bridgehead atoms. The first-order chi connectivity index (χ1) is 11.8. The van der Waals surface area contributed by atoms with Crippen LogP contribution >= 0.6 is 0 Å². The van der Waals surface area contributed by atoms with Crippen LogP contribution in [0.5, 0.6) is 0 Å². The molecule has 3 aromatic heterocycles. The van der Waals surface area contributed by atoms with Gasteiger partial charge in [-0.3, -0.25) is 4.68 Å². The van der Waals surface area contributed by atoms with Crippen LogP contribution in [0.2, 0.25) is 0 Å². The number of hydrogen-bond donors (Lipinski definition) is 1. The summed E-state index contributed by atoms with van der Waals surface area (Å²) in [5.41, 5.74) is 1.44. The highest BCUT2D eigenvalue weighted by atomic mass is 19.1. The molecule has 0 atom stereocenters. The van der Waals surface area contributed by atoms with Crippen molar-refractivity contribution in [2.75, 3.05) is 5.32 Å². The maximum Gasteiger partial charge on any atom is 0.228 e. The van der Waals surface area contributed by atoms with Gasteiger partial charge in [-0.25, -0.2) is 19.3 Å². The zero-order chi connectivity index (χ0) is 16.4. The highest BCUT2D eigenvalue weighted by molar-refractivity contribution is 5.80. The van der Waals surface area contributed by atoms with Crippen molar-refractivity contribution in [3.63, 3.8) is 0 Å². The molecule has 4 aromatic rings. The molecule has 0 aliphatic carbocycles. The molecular weight excluding hydrogens is 307 g/mol. The van der Waals surface area contributed by atoms with Crippen molar-refractivity contribution >= 4 is 22.7 Å². The smallest absolute Gasteiger partial charge is 0.228 e. The molecule has 1 aromatic carbocycles. The van der Waals surface area contributed by atoms with E-state index in [9.17, 15) is 4.39 Å². The van der Waals surface area contributed by atoms with Gasteiger partial charge in [0.25, 0.3) is 0 Å². The minimum absolute atomic E-state index is 0.244. The van der Waals surface area contributed by atoms with Crippen LogP contribution in [0.15, 0.2) is 61.2 Å². The number of nitrogens with one attached hydrogen (secondary N) is 1. The van der Waals surface area contributed by atoms with Crippen molar-refractivity contribution in [2.45, 2.75) is 6.54 Å². The minimum Gasteiger partial charge on any atom is -0.309 e. The lowest BCUT2D eigenvalue weighted by Crippen LogP contribution is -2.04. The monoisotopic (exact) mass is 320 g/mol. The molecule has 0 saturated carbocycles. The van der Waals surface area contributed by atoms with E-state index in [1.54, 1.807) is 47.7 Å². The van der Waals surface area contributed by atoms with Crippen LogP contribution in [0.1, 0.15) is 5.56 Å². The number of anilines is 2. The molecule has 0 amide bonds. The van der Waals surface area contributed by atoms with Gasteiger partial charge in [-0.15, -0.1) is 0 Å². The van der Waals surface area contributed by atoms with E-state index in [1.807, 2.05) is 12.1 Å². The molecule has 3 heterocycles. The lowest BCUT2D eigenvalue weighted by Gasteiger charge is -2.07. The Hall–Kier alpha value is -3.35. The van der Waals surface area contributed by atoms with Crippen molar-refractivity contribution in [3.05, 3.63) is 72.6 Å². The third kappa shape index (κ3) is 2.79. The number of fused-ring (bicyclic) bond motifs is 1. The molecular formula is C17H13FN6. The predicted molar refractivity (Wildman–Crippen MR) is 88.3 cm³/mol. The fourth-order valence-electron chi connectivity index (χ4n) is 2.43. The molecule has 7 heteroatoms. The fourth-order valence-corrected chi connectivity index (χ4v) is 2.43. The molecule has 0 spiro atoms. The second-order valence-electron chi connectivity index (χ2n) is 5.22. The Kier molecular flexibility index (Phi) is 3.59. The van der Waals surface area contributed by atoms with Gasteiger partial charge in [0.2, 0.25) is 5.95 Å². The Morgan fingerprint density at radius 1 is 1.00 bits per heavy atom. The lowest BCUT2D eigenvalue weighted by molar-refractivity contribution is 0.590. The highest BCUT2D eigenvalue weighted by Crippen LogP contribution is 2.19. The molecule has 24 heavy (non-hydrogen) atoms. The number of benzene rings is 1. The van der Waals surface area contributed by atoms with Gasteiger partial charge >= 0.3 is 0 Å². The molecule has 0 saturated heterocycles. The second-order valence-corrected chi connectivity index (χ2v) is 5.22. The third-order valence-electron chi connectivity index (χ3n) is 3.61. The first-order valence-electron chi connectivity index (χ1n) is 7.38. The number of pyridine rings is 1. The predicted octanol–water partition coefficient (Wildman–Crippen LogP) is 3.15. The third-order valence-corrected chi connectivity index (χ3v) is 3.61. The van der Waals surface area contributed by atoms with Crippen molar-refractivity contribution < 1.29 is 4.39 Å². The zero-order valence-electron chi connectivity index (χ0n) is 12.6. The van der Waals surface area contributed by atoms with E-state index >= 15 is 0 Å². The summed E-state index contributed by atoms with van der Waals surface area (Å²) in [6, 6.07) is 10.3. The molecule has 118 valence electrons. The number of aromatic nitrogens is 5. The van der Waals surface area contributed by atoms with Crippen LogP contribution in [0, 0.1) is 5.82 Å². The van der Waals surface area contributed by atoms with E-state index in [1.165, 1.54) is 6.07 Å². The van der Waals surface area contributed by atoms with E-state index in [0.717, 1.165) is 10.9 Å².